The van der Waals surface area contributed by atoms with E-state index in [9.17, 15) is 13.8 Å². The molecule has 1 aliphatic rings. The van der Waals surface area contributed by atoms with Crippen LogP contribution in [0.2, 0.25) is 0 Å². The molecule has 0 aromatic carbocycles. The van der Waals surface area contributed by atoms with Crippen molar-refractivity contribution in [2.24, 2.45) is 0 Å². The van der Waals surface area contributed by atoms with Gasteiger partial charge >= 0.3 is 11.9 Å². The van der Waals surface area contributed by atoms with E-state index < -0.39 is 51.7 Å². The first-order chi connectivity index (χ1) is 10.4. The van der Waals surface area contributed by atoms with Crippen LogP contribution in [0.25, 0.3) is 0 Å². The summed E-state index contributed by atoms with van der Waals surface area (Å²) in [7, 11) is 2.55. The van der Waals surface area contributed by atoms with Crippen molar-refractivity contribution in [1.29, 1.82) is 0 Å². The lowest BCUT2D eigenvalue weighted by Crippen LogP contribution is -2.63. The van der Waals surface area contributed by atoms with Gasteiger partial charge in [0.1, 0.15) is 23.6 Å². The Hall–Kier alpha value is -1.03. The quantitative estimate of drug-likeness (QED) is 0.604. The van der Waals surface area contributed by atoms with E-state index in [4.69, 9.17) is 23.7 Å². The minimum Gasteiger partial charge on any atom is -0.458 e. The number of hydrogen-bond donors (Lipinski definition) is 0. The van der Waals surface area contributed by atoms with Crippen molar-refractivity contribution in [2.75, 3.05) is 27.9 Å². The number of hydrogen-bond acceptors (Lipinski definition) is 8. The SMILES string of the molecule is COC[C@@H]1[C@@H](OC(C)=O)[C@H](OC)[C@@H](OC)[C@@H](OC(C)=O)S1=O. The summed E-state index contributed by atoms with van der Waals surface area (Å²) in [6, 6.07) is 0. The lowest BCUT2D eigenvalue weighted by atomic mass is 10.0. The Labute approximate surface area is 131 Å². The predicted molar refractivity (Wildman–Crippen MR) is 76.5 cm³/mol. The predicted octanol–water partition coefficient (Wildman–Crippen LogP) is -0.385. The van der Waals surface area contributed by atoms with Crippen molar-refractivity contribution < 1.29 is 37.5 Å². The highest BCUT2D eigenvalue weighted by atomic mass is 32.2. The molecule has 128 valence electrons. The summed E-state index contributed by atoms with van der Waals surface area (Å²) in [5.74, 6) is -1.12. The van der Waals surface area contributed by atoms with E-state index in [1.807, 2.05) is 0 Å². The standard InChI is InChI=1S/C13H22O8S/c1-7(14)20-10-9(6-17-3)22(16)13(21-8(2)15)12(19-5)11(10)18-4/h9-13H,6H2,1-5H3/t9-,10-,11+,12-,13+,22?/m1/s1. The summed E-state index contributed by atoms with van der Waals surface area (Å²) in [4.78, 5) is 22.6. The highest BCUT2D eigenvalue weighted by Gasteiger charge is 2.53. The maximum absolute atomic E-state index is 12.7. The third-order valence-corrected chi connectivity index (χ3v) is 5.09. The van der Waals surface area contributed by atoms with Gasteiger partial charge in [-0.3, -0.25) is 13.8 Å². The molecule has 0 spiro atoms. The molecule has 1 unspecified atom stereocenters. The number of esters is 2. The molecule has 1 fully saturated rings. The smallest absolute Gasteiger partial charge is 0.303 e. The number of rotatable bonds is 6. The van der Waals surface area contributed by atoms with Crippen LogP contribution in [0.5, 0.6) is 0 Å². The minimum absolute atomic E-state index is 0.0542. The van der Waals surface area contributed by atoms with E-state index in [1.54, 1.807) is 0 Å². The topological polar surface area (TPSA) is 97.4 Å². The second kappa shape index (κ2) is 8.56. The molecule has 0 N–H and O–H groups in total. The average Bonchev–Trinajstić information content (AvgIpc) is 2.44. The van der Waals surface area contributed by atoms with Gasteiger partial charge in [0.25, 0.3) is 0 Å². The van der Waals surface area contributed by atoms with E-state index in [1.165, 1.54) is 35.2 Å². The molecule has 0 amide bonds. The Bertz CT molecular complexity index is 426. The summed E-state index contributed by atoms with van der Waals surface area (Å²) in [6.07, 6.45) is -2.40. The van der Waals surface area contributed by atoms with Gasteiger partial charge in [0.2, 0.25) is 5.44 Å². The molecular formula is C13H22O8S. The van der Waals surface area contributed by atoms with Crippen LogP contribution in [0.1, 0.15) is 13.8 Å². The molecule has 0 aliphatic carbocycles. The second-order valence-electron chi connectivity index (χ2n) is 4.77. The van der Waals surface area contributed by atoms with Gasteiger partial charge in [-0.15, -0.1) is 0 Å². The van der Waals surface area contributed by atoms with Gasteiger partial charge in [0.05, 0.1) is 17.4 Å². The average molecular weight is 338 g/mol. The number of ether oxygens (including phenoxy) is 5. The summed E-state index contributed by atoms with van der Waals surface area (Å²) >= 11 is 0. The summed E-state index contributed by atoms with van der Waals surface area (Å²) in [5.41, 5.74) is -1.03. The van der Waals surface area contributed by atoms with Crippen LogP contribution >= 0.6 is 0 Å². The van der Waals surface area contributed by atoms with E-state index in [0.717, 1.165) is 0 Å². The monoisotopic (exact) mass is 338 g/mol. The maximum atomic E-state index is 12.7. The largest absolute Gasteiger partial charge is 0.458 e. The van der Waals surface area contributed by atoms with Crippen LogP contribution < -0.4 is 0 Å². The van der Waals surface area contributed by atoms with Gasteiger partial charge in [0.15, 0.2) is 0 Å². The second-order valence-corrected chi connectivity index (χ2v) is 6.50. The summed E-state index contributed by atoms with van der Waals surface area (Å²) < 4.78 is 38.8. The zero-order valence-corrected chi connectivity index (χ0v) is 14.1. The van der Waals surface area contributed by atoms with E-state index in [0.29, 0.717) is 0 Å². The molecule has 0 aromatic heterocycles. The first kappa shape index (κ1) is 19.0. The fourth-order valence-electron chi connectivity index (χ4n) is 2.44. The highest BCUT2D eigenvalue weighted by molar-refractivity contribution is 7.86. The fraction of sp³-hybridized carbons (Fsp3) is 0.846. The molecule has 1 aliphatic heterocycles. The summed E-state index contributed by atoms with van der Waals surface area (Å²) in [6.45, 7) is 2.52. The Kier molecular flexibility index (Phi) is 7.40. The van der Waals surface area contributed by atoms with Crippen LogP contribution in [0.3, 0.4) is 0 Å². The first-order valence-corrected chi connectivity index (χ1v) is 7.93. The molecule has 1 heterocycles. The molecule has 0 bridgehead atoms. The number of carbonyl (C=O) groups excluding carboxylic acids is 2. The van der Waals surface area contributed by atoms with Gasteiger partial charge in [-0.25, -0.2) is 0 Å². The molecule has 1 saturated heterocycles. The zero-order chi connectivity index (χ0) is 16.9. The Balaban J connectivity index is 3.19. The lowest BCUT2D eigenvalue weighted by molar-refractivity contribution is -0.178. The van der Waals surface area contributed by atoms with Gasteiger partial charge in [-0.2, -0.15) is 0 Å². The third kappa shape index (κ3) is 4.25. The molecule has 6 atom stereocenters. The normalized spacial score (nSPS) is 35.0. The van der Waals surface area contributed by atoms with Crippen LogP contribution in [0.4, 0.5) is 0 Å². The molecule has 9 heteroatoms. The van der Waals surface area contributed by atoms with Gasteiger partial charge in [-0.1, -0.05) is 0 Å². The zero-order valence-electron chi connectivity index (χ0n) is 13.3. The lowest BCUT2D eigenvalue weighted by Gasteiger charge is -2.43. The van der Waals surface area contributed by atoms with Crippen molar-refractivity contribution in [3.05, 3.63) is 0 Å². The van der Waals surface area contributed by atoms with Crippen molar-refractivity contribution >= 4 is 22.7 Å². The first-order valence-electron chi connectivity index (χ1n) is 6.65. The maximum Gasteiger partial charge on any atom is 0.303 e. The number of carbonyl (C=O) groups is 2. The minimum atomic E-state index is -1.69. The molecule has 0 radical (unpaired) electrons. The van der Waals surface area contributed by atoms with Crippen LogP contribution in [-0.2, 0) is 44.1 Å². The molecule has 22 heavy (non-hydrogen) atoms. The van der Waals surface area contributed by atoms with Crippen LogP contribution in [-0.4, -0.2) is 73.1 Å². The Morgan fingerprint density at radius 1 is 0.909 bits per heavy atom. The fourth-order valence-corrected chi connectivity index (χ4v) is 4.29. The highest BCUT2D eigenvalue weighted by Crippen LogP contribution is 2.31. The van der Waals surface area contributed by atoms with Gasteiger partial charge in [0, 0.05) is 35.2 Å². The Morgan fingerprint density at radius 2 is 1.45 bits per heavy atom. The Morgan fingerprint density at radius 3 is 1.86 bits per heavy atom. The van der Waals surface area contributed by atoms with Crippen LogP contribution in [0, 0.1) is 0 Å². The molecule has 1 rings (SSSR count). The van der Waals surface area contributed by atoms with Crippen LogP contribution in [0.15, 0.2) is 0 Å². The van der Waals surface area contributed by atoms with E-state index in [2.05, 4.69) is 0 Å². The van der Waals surface area contributed by atoms with Gasteiger partial charge in [-0.05, 0) is 0 Å². The number of methoxy groups -OCH3 is 3. The van der Waals surface area contributed by atoms with Crippen molar-refractivity contribution in [1.82, 2.24) is 0 Å². The molecule has 0 saturated carbocycles. The van der Waals surface area contributed by atoms with Crippen molar-refractivity contribution in [2.45, 2.75) is 42.8 Å². The molecular weight excluding hydrogens is 316 g/mol. The third-order valence-electron chi connectivity index (χ3n) is 3.27. The van der Waals surface area contributed by atoms with Gasteiger partial charge < -0.3 is 23.7 Å². The van der Waals surface area contributed by atoms with E-state index in [-0.39, 0.29) is 6.61 Å². The molecule has 0 aromatic rings. The molecule has 8 nitrogen and oxygen atoms in total. The van der Waals surface area contributed by atoms with Crippen molar-refractivity contribution in [3.8, 4) is 0 Å². The van der Waals surface area contributed by atoms with Crippen molar-refractivity contribution in [3.63, 3.8) is 0 Å². The van der Waals surface area contributed by atoms with E-state index >= 15 is 0 Å². The summed E-state index contributed by atoms with van der Waals surface area (Å²) in [5, 5.41) is -0.699.